The van der Waals surface area contributed by atoms with Crippen molar-refractivity contribution in [2.75, 3.05) is 5.43 Å². The number of pyridine rings is 1. The molecule has 1 aromatic carbocycles. The van der Waals surface area contributed by atoms with Crippen molar-refractivity contribution in [3.05, 3.63) is 65.1 Å². The van der Waals surface area contributed by atoms with E-state index in [-0.39, 0.29) is 5.69 Å². The van der Waals surface area contributed by atoms with E-state index in [9.17, 15) is 10.1 Å². The van der Waals surface area contributed by atoms with Crippen LogP contribution in [0.5, 0.6) is 0 Å². The van der Waals surface area contributed by atoms with Gasteiger partial charge < -0.3 is 0 Å². The van der Waals surface area contributed by atoms with Gasteiger partial charge in [0, 0.05) is 23.8 Å². The van der Waals surface area contributed by atoms with Crippen LogP contribution in [-0.2, 0) is 0 Å². The van der Waals surface area contributed by atoms with Crippen molar-refractivity contribution in [2.24, 2.45) is 0 Å². The van der Waals surface area contributed by atoms with E-state index in [1.165, 1.54) is 18.5 Å². The minimum absolute atomic E-state index is 0.00668. The first-order valence-electron chi connectivity index (χ1n) is 5.67. The summed E-state index contributed by atoms with van der Waals surface area (Å²) in [7, 11) is 0. The molecule has 0 bridgehead atoms. The maximum absolute atomic E-state index is 10.9. The number of benzene rings is 1. The third kappa shape index (κ3) is 1.99. The maximum Gasteiger partial charge on any atom is 0.297 e. The maximum atomic E-state index is 10.9. The van der Waals surface area contributed by atoms with Gasteiger partial charge in [-0.05, 0) is 12.1 Å². The zero-order valence-electron chi connectivity index (χ0n) is 9.85. The van der Waals surface area contributed by atoms with E-state index in [1.807, 2.05) is 36.5 Å². The smallest absolute Gasteiger partial charge is 0.287 e. The zero-order chi connectivity index (χ0) is 13.2. The lowest BCUT2D eigenvalue weighted by molar-refractivity contribution is -0.384. The zero-order valence-corrected chi connectivity index (χ0v) is 9.85. The summed E-state index contributed by atoms with van der Waals surface area (Å²) in [6.07, 6.45) is 4.66. The highest BCUT2D eigenvalue weighted by Gasteiger charge is 2.13. The molecule has 1 N–H and O–H groups in total. The second-order valence-electron chi connectivity index (χ2n) is 4.01. The number of nitro groups is 1. The molecule has 2 aromatic heterocycles. The van der Waals surface area contributed by atoms with Gasteiger partial charge in [0.05, 0.1) is 16.6 Å². The van der Waals surface area contributed by atoms with Crippen molar-refractivity contribution in [1.29, 1.82) is 0 Å². The molecule has 94 valence electrons. The van der Waals surface area contributed by atoms with E-state index in [0.29, 0.717) is 5.69 Å². The Morgan fingerprint density at radius 1 is 1.21 bits per heavy atom. The Kier molecular flexibility index (Phi) is 2.60. The first-order chi connectivity index (χ1) is 9.25. The number of nitrogens with zero attached hydrogens (tertiary/aromatic N) is 3. The molecule has 6 nitrogen and oxygen atoms in total. The lowest BCUT2D eigenvalue weighted by Crippen LogP contribution is -2.09. The van der Waals surface area contributed by atoms with Gasteiger partial charge in [-0.25, -0.2) is 0 Å². The first-order valence-corrected chi connectivity index (χ1v) is 5.67. The van der Waals surface area contributed by atoms with E-state index >= 15 is 0 Å². The number of para-hydroxylation sites is 1. The number of hydrogen-bond acceptors (Lipinski definition) is 4. The van der Waals surface area contributed by atoms with Gasteiger partial charge in [-0.3, -0.25) is 25.2 Å². The molecule has 0 atom stereocenters. The summed E-state index contributed by atoms with van der Waals surface area (Å²) in [6, 6.07) is 11.1. The molecule has 3 aromatic rings. The van der Waals surface area contributed by atoms with Gasteiger partial charge in [0.1, 0.15) is 0 Å². The summed E-state index contributed by atoms with van der Waals surface area (Å²) < 4.78 is 1.74. The fourth-order valence-corrected chi connectivity index (χ4v) is 1.94. The second-order valence-corrected chi connectivity index (χ2v) is 4.01. The summed E-state index contributed by atoms with van der Waals surface area (Å²) in [5.74, 6) is 0. The molecule has 0 aliphatic heterocycles. The lowest BCUT2D eigenvalue weighted by Gasteiger charge is -2.08. The van der Waals surface area contributed by atoms with Gasteiger partial charge in [0.25, 0.3) is 5.69 Å². The van der Waals surface area contributed by atoms with Gasteiger partial charge in [0.15, 0.2) is 5.69 Å². The normalized spacial score (nSPS) is 10.5. The van der Waals surface area contributed by atoms with Crippen LogP contribution in [0, 0.1) is 10.1 Å². The van der Waals surface area contributed by atoms with Gasteiger partial charge in [0.2, 0.25) is 0 Å². The minimum Gasteiger partial charge on any atom is -0.287 e. The van der Waals surface area contributed by atoms with Crippen molar-refractivity contribution in [3.63, 3.8) is 0 Å². The van der Waals surface area contributed by atoms with Crippen LogP contribution in [0.15, 0.2) is 55.0 Å². The molecule has 0 saturated carbocycles. The summed E-state index contributed by atoms with van der Waals surface area (Å²) in [5.41, 5.74) is 4.28. The average Bonchev–Trinajstić information content (AvgIpc) is 2.83. The molecule has 19 heavy (non-hydrogen) atoms. The average molecular weight is 254 g/mol. The van der Waals surface area contributed by atoms with Gasteiger partial charge in [-0.15, -0.1) is 0 Å². The number of fused-ring (bicyclic) bond motifs is 1. The number of hydrogen-bond donors (Lipinski definition) is 1. The Balaban J connectivity index is 2.04. The van der Waals surface area contributed by atoms with Crippen LogP contribution in [-0.4, -0.2) is 14.6 Å². The predicted octanol–water partition coefficient (Wildman–Crippen LogP) is 2.82. The van der Waals surface area contributed by atoms with Crippen molar-refractivity contribution in [1.82, 2.24) is 9.66 Å². The summed E-state index contributed by atoms with van der Waals surface area (Å²) in [6.45, 7) is 0. The Morgan fingerprint density at radius 2 is 2.05 bits per heavy atom. The standard InChI is InChI=1S/C13H10N4O2/c18-17(19)13-5-7-14-9-11(13)15-16-8-6-10-3-1-2-4-12(10)16/h1-9,15H. The van der Waals surface area contributed by atoms with Gasteiger partial charge >= 0.3 is 0 Å². The molecule has 0 aliphatic carbocycles. The van der Waals surface area contributed by atoms with Crippen LogP contribution in [0.4, 0.5) is 11.4 Å². The quantitative estimate of drug-likeness (QED) is 0.576. The van der Waals surface area contributed by atoms with Gasteiger partial charge in [-0.1, -0.05) is 18.2 Å². The number of aromatic nitrogens is 2. The molecule has 0 spiro atoms. The summed E-state index contributed by atoms with van der Waals surface area (Å²) in [5, 5.41) is 12.0. The van der Waals surface area contributed by atoms with Crippen molar-refractivity contribution < 1.29 is 4.92 Å². The van der Waals surface area contributed by atoms with Crippen molar-refractivity contribution in [3.8, 4) is 0 Å². The van der Waals surface area contributed by atoms with Crippen LogP contribution in [0.1, 0.15) is 0 Å². The molecule has 0 amide bonds. The third-order valence-electron chi connectivity index (χ3n) is 2.84. The minimum atomic E-state index is -0.435. The SMILES string of the molecule is O=[N+]([O-])c1ccncc1Nn1ccc2ccccc21. The fraction of sp³-hybridized carbons (Fsp3) is 0. The van der Waals surface area contributed by atoms with Crippen LogP contribution >= 0.6 is 0 Å². The fourth-order valence-electron chi connectivity index (χ4n) is 1.94. The Hall–Kier alpha value is -2.89. The molecule has 0 unspecified atom stereocenters. The monoisotopic (exact) mass is 254 g/mol. The summed E-state index contributed by atoms with van der Waals surface area (Å²) in [4.78, 5) is 14.4. The Morgan fingerprint density at radius 3 is 2.89 bits per heavy atom. The molecule has 2 heterocycles. The lowest BCUT2D eigenvalue weighted by atomic mass is 10.3. The van der Waals surface area contributed by atoms with E-state index < -0.39 is 4.92 Å². The number of rotatable bonds is 3. The van der Waals surface area contributed by atoms with E-state index in [2.05, 4.69) is 10.4 Å². The largest absolute Gasteiger partial charge is 0.297 e. The van der Waals surface area contributed by atoms with Crippen LogP contribution < -0.4 is 5.43 Å². The highest BCUT2D eigenvalue weighted by molar-refractivity contribution is 5.81. The predicted molar refractivity (Wildman–Crippen MR) is 71.9 cm³/mol. The molecular formula is C13H10N4O2. The molecule has 0 radical (unpaired) electrons. The Bertz CT molecular complexity index is 751. The van der Waals surface area contributed by atoms with E-state index in [4.69, 9.17) is 0 Å². The van der Waals surface area contributed by atoms with Crippen molar-refractivity contribution in [2.45, 2.75) is 0 Å². The van der Waals surface area contributed by atoms with Crippen molar-refractivity contribution >= 4 is 22.3 Å². The second kappa shape index (κ2) is 4.41. The Labute approximate surface area is 108 Å². The van der Waals surface area contributed by atoms with Crippen LogP contribution in [0.25, 0.3) is 10.9 Å². The molecule has 0 fully saturated rings. The number of anilines is 1. The highest BCUT2D eigenvalue weighted by atomic mass is 16.6. The molecule has 0 saturated heterocycles. The van der Waals surface area contributed by atoms with E-state index in [0.717, 1.165) is 10.9 Å². The third-order valence-corrected chi connectivity index (χ3v) is 2.84. The molecule has 6 heteroatoms. The topological polar surface area (TPSA) is 73.0 Å². The van der Waals surface area contributed by atoms with Gasteiger partial charge in [-0.2, -0.15) is 0 Å². The molecule has 3 rings (SSSR count). The molecular weight excluding hydrogens is 244 g/mol. The van der Waals surface area contributed by atoms with Crippen LogP contribution in [0.2, 0.25) is 0 Å². The van der Waals surface area contributed by atoms with Crippen LogP contribution in [0.3, 0.4) is 0 Å². The summed E-state index contributed by atoms with van der Waals surface area (Å²) >= 11 is 0. The highest BCUT2D eigenvalue weighted by Crippen LogP contribution is 2.23. The van der Waals surface area contributed by atoms with E-state index in [1.54, 1.807) is 4.68 Å². The first kappa shape index (κ1) is 11.2. The molecule has 0 aliphatic rings. The number of nitrogens with one attached hydrogen (secondary N) is 1.